The highest BCUT2D eigenvalue weighted by Gasteiger charge is 2.64. The quantitative estimate of drug-likeness (QED) is 0.588. The van der Waals surface area contributed by atoms with E-state index in [1.54, 1.807) is 0 Å². The van der Waals surface area contributed by atoms with Crippen LogP contribution in [0.1, 0.15) is 11.1 Å². The summed E-state index contributed by atoms with van der Waals surface area (Å²) < 4.78 is 158. The summed E-state index contributed by atoms with van der Waals surface area (Å²) in [6.45, 7) is -5.61. The molecule has 1 aromatic carbocycles. The summed E-state index contributed by atoms with van der Waals surface area (Å²) in [7, 11) is 0. The largest absolute Gasteiger partial charge is 0.429 e. The zero-order chi connectivity index (χ0) is 20.9. The number of hydrogen-bond acceptors (Lipinski definition) is 2. The van der Waals surface area contributed by atoms with E-state index in [0.29, 0.717) is 0 Å². The van der Waals surface area contributed by atoms with E-state index in [1.165, 1.54) is 0 Å². The molecule has 0 fully saturated rings. The Kier molecular flexibility index (Phi) is 5.56. The van der Waals surface area contributed by atoms with Crippen LogP contribution in [0, 0.1) is 23.3 Å². The van der Waals surface area contributed by atoms with Crippen molar-refractivity contribution in [2.75, 3.05) is 13.2 Å². The molecule has 0 saturated heterocycles. The molecule has 1 aromatic rings. The van der Waals surface area contributed by atoms with E-state index in [1.807, 2.05) is 0 Å². The first-order valence-corrected chi connectivity index (χ1v) is 6.11. The van der Waals surface area contributed by atoms with Gasteiger partial charge in [0.2, 0.25) is 0 Å². The number of benzene rings is 1. The molecule has 0 heterocycles. The van der Waals surface area contributed by atoms with Crippen molar-refractivity contribution in [1.29, 1.82) is 0 Å². The van der Waals surface area contributed by atoms with Gasteiger partial charge in [0.25, 0.3) is 11.3 Å². The normalized spacial score (nSPS) is 17.8. The molecule has 0 aliphatic heterocycles. The number of alkyl halides is 8. The van der Waals surface area contributed by atoms with Crippen molar-refractivity contribution in [1.82, 2.24) is 0 Å². The lowest BCUT2D eigenvalue weighted by Gasteiger charge is -2.30. The summed E-state index contributed by atoms with van der Waals surface area (Å²) in [6, 6.07) is 0. The van der Waals surface area contributed by atoms with Crippen molar-refractivity contribution >= 4 is 0 Å². The van der Waals surface area contributed by atoms with Gasteiger partial charge in [0.1, 0.15) is 0 Å². The summed E-state index contributed by atoms with van der Waals surface area (Å²) in [4.78, 5) is 0. The van der Waals surface area contributed by atoms with Crippen LogP contribution in [0.3, 0.4) is 0 Å². The SMILES string of the molecule is OCC(F)(c1c(F)c(F)c(C(F)(CO)C(F)(F)F)c(F)c1F)C(F)(F)F. The predicted molar refractivity (Wildman–Crippen MR) is 58.1 cm³/mol. The lowest BCUT2D eigenvalue weighted by molar-refractivity contribution is -0.251. The minimum atomic E-state index is -6.36. The number of aliphatic hydroxyl groups excluding tert-OH is 2. The number of halogens is 12. The van der Waals surface area contributed by atoms with Crippen LogP contribution in [0.15, 0.2) is 0 Å². The van der Waals surface area contributed by atoms with Crippen LogP contribution in [0.2, 0.25) is 0 Å². The fourth-order valence-corrected chi connectivity index (χ4v) is 1.95. The summed E-state index contributed by atoms with van der Waals surface area (Å²) in [6.07, 6.45) is -12.7. The van der Waals surface area contributed by atoms with Gasteiger partial charge in [-0.25, -0.2) is 26.3 Å². The summed E-state index contributed by atoms with van der Waals surface area (Å²) in [5.74, 6) is -13.5. The van der Waals surface area contributed by atoms with Gasteiger partial charge < -0.3 is 10.2 Å². The molecule has 2 unspecified atom stereocenters. The van der Waals surface area contributed by atoms with Crippen LogP contribution in [-0.2, 0) is 11.3 Å². The Morgan fingerprint density at radius 3 is 0.808 bits per heavy atom. The Morgan fingerprint density at radius 2 is 0.692 bits per heavy atom. The monoisotopic (exact) mass is 410 g/mol. The van der Waals surface area contributed by atoms with Gasteiger partial charge in [-0.3, -0.25) is 0 Å². The standard InChI is InChI=1S/C12H6F12O2/c13-5-3(9(17,1-25)11(19,20)21)6(14)8(16)4(7(5)15)10(18,2-26)12(22,23)24/h25-26H,1-2H2. The topological polar surface area (TPSA) is 40.5 Å². The van der Waals surface area contributed by atoms with E-state index in [0.717, 1.165) is 0 Å². The highest BCUT2D eigenvalue weighted by Crippen LogP contribution is 2.49. The average Bonchev–Trinajstić information content (AvgIpc) is 2.50. The fraction of sp³-hybridized carbons (Fsp3) is 0.500. The third-order valence-electron chi connectivity index (χ3n) is 3.39. The molecule has 0 aliphatic carbocycles. The Morgan fingerprint density at radius 1 is 0.500 bits per heavy atom. The maximum atomic E-state index is 13.8. The molecule has 0 aromatic heterocycles. The first-order valence-electron chi connectivity index (χ1n) is 6.11. The second-order valence-corrected chi connectivity index (χ2v) is 4.92. The van der Waals surface area contributed by atoms with E-state index >= 15 is 0 Å². The van der Waals surface area contributed by atoms with Crippen molar-refractivity contribution in [3.63, 3.8) is 0 Å². The molecule has 2 nitrogen and oxygen atoms in total. The second-order valence-electron chi connectivity index (χ2n) is 4.92. The van der Waals surface area contributed by atoms with Crippen LogP contribution >= 0.6 is 0 Å². The summed E-state index contributed by atoms with van der Waals surface area (Å²) in [5.41, 5.74) is -17.2. The second kappa shape index (κ2) is 6.48. The van der Waals surface area contributed by atoms with Crippen LogP contribution in [-0.4, -0.2) is 35.8 Å². The zero-order valence-corrected chi connectivity index (χ0v) is 11.8. The molecule has 0 bridgehead atoms. The van der Waals surface area contributed by atoms with Gasteiger partial charge in [-0.2, -0.15) is 26.3 Å². The van der Waals surface area contributed by atoms with Gasteiger partial charge in [0, 0.05) is 0 Å². The minimum Gasteiger partial charge on any atom is -0.392 e. The molecule has 0 radical (unpaired) electrons. The molecule has 2 N–H and O–H groups in total. The number of hydrogen-bond donors (Lipinski definition) is 2. The highest BCUT2D eigenvalue weighted by atomic mass is 19.4. The summed E-state index contributed by atoms with van der Waals surface area (Å²) >= 11 is 0. The van der Waals surface area contributed by atoms with Crippen molar-refractivity contribution in [3.05, 3.63) is 34.4 Å². The molecule has 26 heavy (non-hydrogen) atoms. The molecular weight excluding hydrogens is 404 g/mol. The molecule has 0 amide bonds. The first kappa shape index (κ1) is 22.3. The van der Waals surface area contributed by atoms with Gasteiger partial charge in [-0.05, 0) is 0 Å². The van der Waals surface area contributed by atoms with Crippen LogP contribution in [0.4, 0.5) is 52.7 Å². The maximum Gasteiger partial charge on any atom is 0.429 e. The minimum absolute atomic E-state index is 2.80. The molecule has 1 rings (SSSR count). The van der Waals surface area contributed by atoms with Crippen molar-refractivity contribution in [3.8, 4) is 0 Å². The van der Waals surface area contributed by atoms with Crippen LogP contribution in [0.5, 0.6) is 0 Å². The zero-order valence-electron chi connectivity index (χ0n) is 11.8. The van der Waals surface area contributed by atoms with E-state index in [2.05, 4.69) is 0 Å². The predicted octanol–water partition coefficient (Wildman–Crippen LogP) is 3.68. The number of aliphatic hydroxyl groups is 2. The van der Waals surface area contributed by atoms with Crippen LogP contribution in [0.25, 0.3) is 0 Å². The van der Waals surface area contributed by atoms with Gasteiger partial charge in [-0.15, -0.1) is 0 Å². The summed E-state index contributed by atoms with van der Waals surface area (Å²) in [5, 5.41) is 16.9. The van der Waals surface area contributed by atoms with E-state index in [4.69, 9.17) is 10.2 Å². The van der Waals surface area contributed by atoms with Crippen molar-refractivity contribution in [2.24, 2.45) is 0 Å². The molecule has 0 saturated carbocycles. The van der Waals surface area contributed by atoms with Crippen molar-refractivity contribution < 1.29 is 62.9 Å². The van der Waals surface area contributed by atoms with Gasteiger partial charge in [-0.1, -0.05) is 0 Å². The third-order valence-corrected chi connectivity index (χ3v) is 3.39. The van der Waals surface area contributed by atoms with Crippen LogP contribution < -0.4 is 0 Å². The van der Waals surface area contributed by atoms with E-state index in [9.17, 15) is 52.7 Å². The Bertz CT molecular complexity index is 609. The lowest BCUT2D eigenvalue weighted by Crippen LogP contribution is -2.46. The van der Waals surface area contributed by atoms with Gasteiger partial charge in [0.15, 0.2) is 23.3 Å². The smallest absolute Gasteiger partial charge is 0.392 e. The molecular formula is C12H6F12O2. The molecule has 150 valence electrons. The Balaban J connectivity index is 4.01. The molecule has 14 heteroatoms. The fourth-order valence-electron chi connectivity index (χ4n) is 1.95. The van der Waals surface area contributed by atoms with Gasteiger partial charge >= 0.3 is 12.4 Å². The molecule has 0 spiro atoms. The lowest BCUT2D eigenvalue weighted by atomic mass is 9.88. The highest BCUT2D eigenvalue weighted by molar-refractivity contribution is 5.38. The maximum absolute atomic E-state index is 13.8. The molecule has 2 atom stereocenters. The third kappa shape index (κ3) is 2.98. The number of rotatable bonds is 4. The van der Waals surface area contributed by atoms with Crippen molar-refractivity contribution in [2.45, 2.75) is 23.7 Å². The Labute approximate surface area is 135 Å². The Hall–Kier alpha value is -1.70. The van der Waals surface area contributed by atoms with Gasteiger partial charge in [0.05, 0.1) is 24.3 Å². The first-order chi connectivity index (χ1) is 11.5. The van der Waals surface area contributed by atoms with E-state index < -0.39 is 71.3 Å². The average molecular weight is 410 g/mol. The van der Waals surface area contributed by atoms with E-state index in [-0.39, 0.29) is 0 Å². The molecule has 0 aliphatic rings.